The molecular formula is C63H40N4S. The Morgan fingerprint density at radius 1 is 0.250 bits per heavy atom. The third-order valence-electron chi connectivity index (χ3n) is 13.4. The lowest BCUT2D eigenvalue weighted by Gasteiger charge is -2.39. The van der Waals surface area contributed by atoms with Crippen LogP contribution in [0.25, 0.3) is 90.1 Å². The van der Waals surface area contributed by atoms with Gasteiger partial charge in [0, 0.05) is 48.7 Å². The average Bonchev–Trinajstić information content (AvgIpc) is 3.72. The summed E-state index contributed by atoms with van der Waals surface area (Å²) >= 11 is 1.84. The van der Waals surface area contributed by atoms with E-state index in [1.54, 1.807) is 0 Å². The molecule has 2 aliphatic rings. The third kappa shape index (κ3) is 6.54. The zero-order valence-electron chi connectivity index (χ0n) is 36.8. The van der Waals surface area contributed by atoms with E-state index in [0.717, 1.165) is 61.5 Å². The molecule has 0 saturated carbocycles. The number of benzene rings is 9. The van der Waals surface area contributed by atoms with E-state index < -0.39 is 5.41 Å². The number of fused-ring (bicyclic) bond motifs is 9. The second-order valence-corrected chi connectivity index (χ2v) is 18.4. The van der Waals surface area contributed by atoms with Gasteiger partial charge < -0.3 is 0 Å². The van der Waals surface area contributed by atoms with E-state index in [1.807, 2.05) is 42.1 Å². The monoisotopic (exact) mass is 884 g/mol. The summed E-state index contributed by atoms with van der Waals surface area (Å²) in [4.78, 5) is 23.7. The van der Waals surface area contributed by atoms with Gasteiger partial charge >= 0.3 is 0 Å². The van der Waals surface area contributed by atoms with Crippen molar-refractivity contribution in [2.45, 2.75) is 15.2 Å². The topological polar surface area (TPSA) is 51.6 Å². The van der Waals surface area contributed by atoms with Crippen molar-refractivity contribution in [2.24, 2.45) is 0 Å². The molecule has 0 radical (unpaired) electrons. The quantitative estimate of drug-likeness (QED) is 0.160. The number of rotatable bonds is 7. The van der Waals surface area contributed by atoms with E-state index in [9.17, 15) is 0 Å². The molecule has 0 unspecified atom stereocenters. The molecule has 0 saturated heterocycles. The summed E-state index contributed by atoms with van der Waals surface area (Å²) in [5.74, 6) is 1.85. The van der Waals surface area contributed by atoms with Crippen molar-refractivity contribution in [3.8, 4) is 90.1 Å². The van der Waals surface area contributed by atoms with Crippen molar-refractivity contribution in [3.05, 3.63) is 265 Å². The molecule has 3 heterocycles. The molecular weight excluding hydrogens is 845 g/mol. The van der Waals surface area contributed by atoms with Crippen LogP contribution >= 0.6 is 11.8 Å². The fourth-order valence-corrected chi connectivity index (χ4v) is 11.5. The van der Waals surface area contributed by atoms with Crippen LogP contribution in [-0.2, 0) is 5.41 Å². The van der Waals surface area contributed by atoms with Crippen LogP contribution in [0.3, 0.4) is 0 Å². The predicted molar refractivity (Wildman–Crippen MR) is 277 cm³/mol. The molecule has 1 spiro atoms. The first-order valence-corrected chi connectivity index (χ1v) is 23.8. The van der Waals surface area contributed by atoms with Crippen LogP contribution in [0.2, 0.25) is 0 Å². The lowest BCUT2D eigenvalue weighted by molar-refractivity contribution is 0.722. The van der Waals surface area contributed by atoms with Crippen molar-refractivity contribution in [2.75, 3.05) is 0 Å². The minimum atomic E-state index is -0.512. The van der Waals surface area contributed by atoms with Crippen LogP contribution in [-0.4, -0.2) is 19.9 Å². The summed E-state index contributed by atoms with van der Waals surface area (Å²) in [6, 6.07) is 86.2. The fraction of sp³-hybridized carbons (Fsp3) is 0.0159. The van der Waals surface area contributed by atoms with Crippen LogP contribution in [0.5, 0.6) is 0 Å². The van der Waals surface area contributed by atoms with Gasteiger partial charge in [0.2, 0.25) is 0 Å². The second kappa shape index (κ2) is 16.4. The Bertz CT molecular complexity index is 3640. The molecule has 0 amide bonds. The van der Waals surface area contributed by atoms with Crippen molar-refractivity contribution in [3.63, 3.8) is 0 Å². The SMILES string of the molecule is c1ccc(-c2nc(-c3ccc(-c4cc(-c5ccccc5)c(-c5ccccc5)nc4-c4ccccc4)cc3)nc(-c3ccc4c(c3)C3(c5ccccc5S4)c4ccccc4-c4ccccc43)n2)cc1. The first kappa shape index (κ1) is 39.8. The molecule has 0 N–H and O–H groups in total. The molecule has 5 heteroatoms. The molecule has 1 aliphatic heterocycles. The minimum Gasteiger partial charge on any atom is -0.246 e. The lowest BCUT2D eigenvalue weighted by Crippen LogP contribution is -2.32. The maximum absolute atomic E-state index is 5.50. The first-order valence-electron chi connectivity index (χ1n) is 23.0. The van der Waals surface area contributed by atoms with Crippen molar-refractivity contribution >= 4 is 11.8 Å². The molecule has 9 aromatic carbocycles. The Morgan fingerprint density at radius 3 is 1.19 bits per heavy atom. The van der Waals surface area contributed by atoms with E-state index in [4.69, 9.17) is 19.9 Å². The van der Waals surface area contributed by atoms with Gasteiger partial charge in [-0.2, -0.15) is 0 Å². The highest BCUT2D eigenvalue weighted by Gasteiger charge is 2.50. The lowest BCUT2D eigenvalue weighted by atomic mass is 9.67. The van der Waals surface area contributed by atoms with E-state index >= 15 is 0 Å². The molecule has 13 rings (SSSR count). The highest BCUT2D eigenvalue weighted by Crippen LogP contribution is 2.62. The number of hydrogen-bond acceptors (Lipinski definition) is 5. The third-order valence-corrected chi connectivity index (χ3v) is 14.6. The van der Waals surface area contributed by atoms with Gasteiger partial charge in [0.15, 0.2) is 17.5 Å². The summed E-state index contributed by atoms with van der Waals surface area (Å²) in [5.41, 5.74) is 18.2. The van der Waals surface area contributed by atoms with Gasteiger partial charge in [-0.25, -0.2) is 19.9 Å². The van der Waals surface area contributed by atoms with Gasteiger partial charge in [0.25, 0.3) is 0 Å². The number of aromatic nitrogens is 4. The van der Waals surface area contributed by atoms with Gasteiger partial charge in [-0.15, -0.1) is 0 Å². The summed E-state index contributed by atoms with van der Waals surface area (Å²) in [5, 5.41) is 0. The molecule has 11 aromatic rings. The molecule has 318 valence electrons. The van der Waals surface area contributed by atoms with E-state index in [1.165, 1.54) is 43.2 Å². The Balaban J connectivity index is 0.969. The summed E-state index contributed by atoms with van der Waals surface area (Å²) in [6.45, 7) is 0. The standard InChI is InChI=1S/C63H40N4S/c1-5-19-41(20-6-1)50-40-51(59(44-23-9-3-10-24-44)64-58(50)43-21-7-2-8-22-43)42-33-35-46(36-34-42)61-65-60(45-25-11-4-12-26-45)66-62(67-61)47-37-38-57-55(39-47)63(54-31-17-18-32-56(54)68-57)52-29-15-13-27-48(52)49-28-14-16-30-53(49)63/h1-40H. The Kier molecular flexibility index (Phi) is 9.62. The molecule has 4 nitrogen and oxygen atoms in total. The smallest absolute Gasteiger partial charge is 0.164 e. The molecule has 0 bridgehead atoms. The highest BCUT2D eigenvalue weighted by molar-refractivity contribution is 7.99. The molecule has 68 heavy (non-hydrogen) atoms. The predicted octanol–water partition coefficient (Wildman–Crippen LogP) is 15.8. The van der Waals surface area contributed by atoms with Crippen LogP contribution in [0.1, 0.15) is 22.3 Å². The van der Waals surface area contributed by atoms with Gasteiger partial charge in [-0.05, 0) is 68.8 Å². The number of pyridine rings is 1. The Morgan fingerprint density at radius 2 is 0.632 bits per heavy atom. The van der Waals surface area contributed by atoms with Crippen LogP contribution in [0, 0.1) is 0 Å². The maximum atomic E-state index is 5.50. The Labute approximate surface area is 399 Å². The molecule has 2 aromatic heterocycles. The van der Waals surface area contributed by atoms with Crippen molar-refractivity contribution < 1.29 is 0 Å². The molecule has 0 atom stereocenters. The van der Waals surface area contributed by atoms with E-state index in [0.29, 0.717) is 17.5 Å². The first-order chi connectivity index (χ1) is 33.7. The summed E-state index contributed by atoms with van der Waals surface area (Å²) < 4.78 is 0. The normalized spacial score (nSPS) is 12.8. The van der Waals surface area contributed by atoms with Gasteiger partial charge in [0.1, 0.15) is 0 Å². The van der Waals surface area contributed by atoms with E-state index in [-0.39, 0.29) is 0 Å². The fourth-order valence-electron chi connectivity index (χ4n) is 10.3. The Hall–Kier alpha value is -8.51. The number of nitrogens with zero attached hydrogens (tertiary/aromatic N) is 4. The molecule has 1 aliphatic carbocycles. The average molecular weight is 885 g/mol. The minimum absolute atomic E-state index is 0.512. The van der Waals surface area contributed by atoms with Crippen molar-refractivity contribution in [1.82, 2.24) is 19.9 Å². The number of hydrogen-bond donors (Lipinski definition) is 0. The van der Waals surface area contributed by atoms with Crippen LogP contribution in [0.4, 0.5) is 0 Å². The zero-order chi connectivity index (χ0) is 45.0. The largest absolute Gasteiger partial charge is 0.246 e. The zero-order valence-corrected chi connectivity index (χ0v) is 37.6. The van der Waals surface area contributed by atoms with Crippen molar-refractivity contribution in [1.29, 1.82) is 0 Å². The maximum Gasteiger partial charge on any atom is 0.164 e. The van der Waals surface area contributed by atoms with Crippen LogP contribution < -0.4 is 0 Å². The van der Waals surface area contributed by atoms with E-state index in [2.05, 4.69) is 212 Å². The van der Waals surface area contributed by atoms with Gasteiger partial charge in [-0.3, -0.25) is 0 Å². The second-order valence-electron chi connectivity index (χ2n) is 17.3. The highest BCUT2D eigenvalue weighted by atomic mass is 32.2. The summed E-state index contributed by atoms with van der Waals surface area (Å²) in [7, 11) is 0. The summed E-state index contributed by atoms with van der Waals surface area (Å²) in [6.07, 6.45) is 0. The van der Waals surface area contributed by atoms with Gasteiger partial charge in [-0.1, -0.05) is 230 Å². The van der Waals surface area contributed by atoms with Gasteiger partial charge in [0.05, 0.1) is 16.8 Å². The van der Waals surface area contributed by atoms with Crippen LogP contribution in [0.15, 0.2) is 252 Å². The molecule has 0 fully saturated rings.